The summed E-state index contributed by atoms with van der Waals surface area (Å²) in [5, 5.41) is 8.77. The molecule has 2 amide bonds. The zero-order valence-corrected chi connectivity index (χ0v) is 11.6. The molecule has 0 aromatic carbocycles. The van der Waals surface area contributed by atoms with Crippen molar-refractivity contribution in [1.82, 2.24) is 9.62 Å². The number of carboxylic acids is 1. The third-order valence-electron chi connectivity index (χ3n) is 2.59. The number of carbonyl (C=O) groups is 3. The molecule has 2 atom stereocenters. The van der Waals surface area contributed by atoms with E-state index in [-0.39, 0.29) is 16.5 Å². The van der Waals surface area contributed by atoms with Gasteiger partial charge in [0.1, 0.15) is 0 Å². The summed E-state index contributed by atoms with van der Waals surface area (Å²) < 4.78 is 2.16. The van der Waals surface area contributed by atoms with Gasteiger partial charge in [0, 0.05) is 10.7 Å². The lowest BCUT2D eigenvalue weighted by Gasteiger charge is -2.35. The van der Waals surface area contributed by atoms with Gasteiger partial charge in [-0.2, -0.15) is 0 Å². The average Bonchev–Trinajstić information content (AvgIpc) is 2.61. The van der Waals surface area contributed by atoms with Crippen molar-refractivity contribution in [1.29, 1.82) is 0 Å². The smallest absolute Gasteiger partial charge is 0.331 e. The lowest BCUT2D eigenvalue weighted by atomic mass is 10.1. The molecule has 2 aliphatic rings. The van der Waals surface area contributed by atoms with Gasteiger partial charge in [-0.3, -0.25) is 14.3 Å². The van der Waals surface area contributed by atoms with Crippen LogP contribution >= 0.6 is 36.3 Å². The number of nitrogens with one attached hydrogen (secondary N) is 1. The Labute approximate surface area is 117 Å². The Hall–Kier alpha value is -0.800. The summed E-state index contributed by atoms with van der Waals surface area (Å²) in [6, 6.07) is -0.888. The number of carboxylic acid groups (broad SMARTS) is 1. The van der Waals surface area contributed by atoms with Gasteiger partial charge in [-0.15, -0.1) is 11.8 Å². The first kappa shape index (κ1) is 13.6. The molecule has 0 aromatic rings. The van der Waals surface area contributed by atoms with Crippen molar-refractivity contribution < 1.29 is 19.5 Å². The Morgan fingerprint density at radius 3 is 2.94 bits per heavy atom. The fourth-order valence-electron chi connectivity index (χ4n) is 1.80. The SMILES string of the molecule is O=C(NS)SC/C=C1\SC2CC(=O)N2C1C(=O)O. The number of thiol groups is 1. The number of fused-ring (bicyclic) bond motifs is 1. The second-order valence-electron chi connectivity index (χ2n) is 3.64. The second-order valence-corrected chi connectivity index (χ2v) is 6.10. The van der Waals surface area contributed by atoms with Crippen LogP contribution in [0.3, 0.4) is 0 Å². The average molecular weight is 306 g/mol. The highest BCUT2D eigenvalue weighted by Gasteiger charge is 2.52. The fourth-order valence-corrected chi connectivity index (χ4v) is 3.99. The highest BCUT2D eigenvalue weighted by Crippen LogP contribution is 2.46. The van der Waals surface area contributed by atoms with Gasteiger partial charge in [-0.1, -0.05) is 30.7 Å². The van der Waals surface area contributed by atoms with Crippen LogP contribution in [0.1, 0.15) is 6.42 Å². The van der Waals surface area contributed by atoms with E-state index in [1.165, 1.54) is 16.7 Å². The standard InChI is InChI=1S/C9H10N2O4S3/c12-5-3-6-11(5)7(8(13)14)4(18-6)1-2-17-9(15)10-16/h1,6-7,16H,2-3H2,(H,10,15)(H,13,14)/b4-1-. The van der Waals surface area contributed by atoms with Crippen LogP contribution in [0.15, 0.2) is 11.0 Å². The van der Waals surface area contributed by atoms with Crippen molar-refractivity contribution in [3.63, 3.8) is 0 Å². The van der Waals surface area contributed by atoms with Gasteiger partial charge in [0.25, 0.3) is 5.24 Å². The minimum Gasteiger partial charge on any atom is -0.479 e. The number of carbonyl (C=O) groups excluding carboxylic acids is 2. The second kappa shape index (κ2) is 5.45. The molecular weight excluding hydrogens is 296 g/mol. The Balaban J connectivity index is 2.03. The van der Waals surface area contributed by atoms with E-state index in [0.717, 1.165) is 11.8 Å². The number of rotatable bonds is 3. The Bertz CT molecular complexity index is 440. The highest BCUT2D eigenvalue weighted by molar-refractivity contribution is 8.14. The van der Waals surface area contributed by atoms with Crippen LogP contribution in [0.2, 0.25) is 0 Å². The minimum absolute atomic E-state index is 0.0615. The summed E-state index contributed by atoms with van der Waals surface area (Å²) in [7, 11) is 0. The van der Waals surface area contributed by atoms with Crippen LogP contribution in [0.25, 0.3) is 0 Å². The number of amides is 2. The van der Waals surface area contributed by atoms with Gasteiger partial charge in [0.15, 0.2) is 6.04 Å². The first-order valence-electron chi connectivity index (χ1n) is 5.02. The Morgan fingerprint density at radius 1 is 1.67 bits per heavy atom. The molecule has 6 nitrogen and oxygen atoms in total. The first-order valence-corrected chi connectivity index (χ1v) is 7.33. The van der Waals surface area contributed by atoms with Crippen molar-refractivity contribution in [2.24, 2.45) is 0 Å². The number of nitrogens with zero attached hydrogens (tertiary/aromatic N) is 1. The monoisotopic (exact) mass is 306 g/mol. The third kappa shape index (κ3) is 2.47. The van der Waals surface area contributed by atoms with Gasteiger partial charge in [0.2, 0.25) is 5.91 Å². The van der Waals surface area contributed by atoms with Crippen LogP contribution in [-0.2, 0) is 9.59 Å². The summed E-state index contributed by atoms with van der Waals surface area (Å²) in [5.74, 6) is -0.815. The summed E-state index contributed by atoms with van der Waals surface area (Å²) in [6.45, 7) is 0. The predicted molar refractivity (Wildman–Crippen MR) is 72.3 cm³/mol. The molecule has 0 bridgehead atoms. The van der Waals surface area contributed by atoms with Crippen LogP contribution in [0.4, 0.5) is 4.79 Å². The maximum Gasteiger partial charge on any atom is 0.331 e. The lowest BCUT2D eigenvalue weighted by molar-refractivity contribution is -0.154. The van der Waals surface area contributed by atoms with Gasteiger partial charge in [-0.25, -0.2) is 4.79 Å². The molecule has 98 valence electrons. The lowest BCUT2D eigenvalue weighted by Crippen LogP contribution is -2.53. The maximum absolute atomic E-state index is 11.3. The number of hydrogen-bond donors (Lipinski definition) is 3. The van der Waals surface area contributed by atoms with E-state index in [1.54, 1.807) is 6.08 Å². The first-order chi connectivity index (χ1) is 8.54. The van der Waals surface area contributed by atoms with Gasteiger partial charge in [-0.05, 0) is 0 Å². The zero-order chi connectivity index (χ0) is 13.3. The largest absolute Gasteiger partial charge is 0.479 e. The van der Waals surface area contributed by atoms with E-state index in [9.17, 15) is 14.4 Å². The number of thioether (sulfide) groups is 2. The molecule has 18 heavy (non-hydrogen) atoms. The molecule has 0 aliphatic carbocycles. The van der Waals surface area contributed by atoms with Crippen LogP contribution in [0.5, 0.6) is 0 Å². The summed E-state index contributed by atoms with van der Waals surface area (Å²) in [6.07, 6.45) is 2.07. The molecular formula is C9H10N2O4S3. The molecule has 2 fully saturated rings. The Morgan fingerprint density at radius 2 is 2.39 bits per heavy atom. The van der Waals surface area contributed by atoms with Crippen molar-refractivity contribution in [2.45, 2.75) is 17.8 Å². The summed E-state index contributed by atoms with van der Waals surface area (Å²) in [5.41, 5.74) is 0. The van der Waals surface area contributed by atoms with E-state index < -0.39 is 12.0 Å². The quantitative estimate of drug-likeness (QED) is 0.531. The van der Waals surface area contributed by atoms with E-state index in [1.807, 2.05) is 0 Å². The van der Waals surface area contributed by atoms with Gasteiger partial charge >= 0.3 is 5.97 Å². The number of hydrogen-bond acceptors (Lipinski definition) is 6. The van der Waals surface area contributed by atoms with Gasteiger partial charge < -0.3 is 10.0 Å². The molecule has 2 heterocycles. The molecule has 0 radical (unpaired) electrons. The molecule has 2 unspecified atom stereocenters. The highest BCUT2D eigenvalue weighted by atomic mass is 32.2. The normalized spacial score (nSPS) is 27.9. The van der Waals surface area contributed by atoms with E-state index >= 15 is 0 Å². The van der Waals surface area contributed by atoms with E-state index in [0.29, 0.717) is 17.1 Å². The molecule has 0 spiro atoms. The molecule has 0 saturated carbocycles. The van der Waals surface area contributed by atoms with Crippen LogP contribution < -0.4 is 4.72 Å². The van der Waals surface area contributed by atoms with Crippen molar-refractivity contribution in [2.75, 3.05) is 5.75 Å². The van der Waals surface area contributed by atoms with Gasteiger partial charge in [0.05, 0.1) is 11.8 Å². The summed E-state index contributed by atoms with van der Waals surface area (Å²) in [4.78, 5) is 35.5. The fraction of sp³-hybridized carbons (Fsp3) is 0.444. The van der Waals surface area contributed by atoms with E-state index in [2.05, 4.69) is 17.5 Å². The third-order valence-corrected chi connectivity index (χ3v) is 4.97. The number of aliphatic carboxylic acids is 1. The van der Waals surface area contributed by atoms with Crippen molar-refractivity contribution in [3.05, 3.63) is 11.0 Å². The minimum atomic E-state index is -1.03. The predicted octanol–water partition coefficient (Wildman–Crippen LogP) is 0.916. The van der Waals surface area contributed by atoms with Crippen LogP contribution in [0, 0.1) is 0 Å². The van der Waals surface area contributed by atoms with Crippen molar-refractivity contribution >= 4 is 53.5 Å². The zero-order valence-electron chi connectivity index (χ0n) is 9.03. The molecule has 2 saturated heterocycles. The van der Waals surface area contributed by atoms with Crippen molar-refractivity contribution in [3.8, 4) is 0 Å². The molecule has 9 heteroatoms. The molecule has 0 aromatic heterocycles. The topological polar surface area (TPSA) is 86.7 Å². The summed E-state index contributed by atoms with van der Waals surface area (Å²) >= 11 is 5.97. The Kier molecular flexibility index (Phi) is 4.13. The van der Waals surface area contributed by atoms with Crippen LogP contribution in [-0.4, -0.2) is 44.3 Å². The molecule has 2 N–H and O–H groups in total. The molecule has 2 aliphatic heterocycles. The maximum atomic E-state index is 11.3. The molecule has 2 rings (SSSR count). The number of β-lactam (4-membered cyclic amide) rings is 1. The van der Waals surface area contributed by atoms with E-state index in [4.69, 9.17) is 5.11 Å².